The average Bonchev–Trinajstić information content (AvgIpc) is 2.99. The lowest BCUT2D eigenvalue weighted by Crippen LogP contribution is -2.16. The molecule has 4 heterocycles. The van der Waals surface area contributed by atoms with Crippen LogP contribution in [0.4, 0.5) is 5.82 Å². The van der Waals surface area contributed by atoms with Gasteiger partial charge in [0.1, 0.15) is 29.0 Å². The minimum atomic E-state index is 0.451. The van der Waals surface area contributed by atoms with Crippen molar-refractivity contribution in [2.45, 2.75) is 40.8 Å². The van der Waals surface area contributed by atoms with E-state index in [0.717, 1.165) is 34.4 Å². The van der Waals surface area contributed by atoms with E-state index >= 15 is 0 Å². The molecule has 4 rings (SSSR count). The van der Waals surface area contributed by atoms with Gasteiger partial charge in [-0.15, -0.1) is 0 Å². The molecule has 3 aromatic heterocycles. The van der Waals surface area contributed by atoms with E-state index in [-0.39, 0.29) is 0 Å². The molecule has 3 aromatic rings. The Bertz CT molecular complexity index is 766. The zero-order chi connectivity index (χ0) is 16.1. The Morgan fingerprint density at radius 3 is 2.68 bits per heavy atom. The molecule has 0 aromatic carbocycles. The van der Waals surface area contributed by atoms with Gasteiger partial charge in [0, 0.05) is 12.7 Å². The third-order valence-electron chi connectivity index (χ3n) is 3.23. The molecular formula is C16H23N5O. The summed E-state index contributed by atoms with van der Waals surface area (Å²) in [4.78, 5) is 13.3. The molecule has 0 spiro atoms. The van der Waals surface area contributed by atoms with Crippen molar-refractivity contribution in [2.24, 2.45) is 0 Å². The number of pyridine rings is 2. The van der Waals surface area contributed by atoms with Crippen LogP contribution in [0.25, 0.3) is 22.1 Å². The third-order valence-corrected chi connectivity index (χ3v) is 3.23. The van der Waals surface area contributed by atoms with Gasteiger partial charge in [0.2, 0.25) is 0 Å². The first-order valence-corrected chi connectivity index (χ1v) is 7.81. The summed E-state index contributed by atoms with van der Waals surface area (Å²) in [5.41, 5.74) is 9.32. The third kappa shape index (κ3) is 2.62. The molecule has 0 radical (unpaired) electrons. The van der Waals surface area contributed by atoms with Crippen molar-refractivity contribution in [1.29, 1.82) is 0 Å². The van der Waals surface area contributed by atoms with Gasteiger partial charge < -0.3 is 15.0 Å². The van der Waals surface area contributed by atoms with Crippen LogP contribution in [0, 0.1) is 0 Å². The number of imidazole rings is 1. The Labute approximate surface area is 130 Å². The quantitative estimate of drug-likeness (QED) is 0.690. The van der Waals surface area contributed by atoms with Crippen molar-refractivity contribution < 1.29 is 4.74 Å². The zero-order valence-corrected chi connectivity index (χ0v) is 13.6. The maximum atomic E-state index is 5.98. The van der Waals surface area contributed by atoms with E-state index in [1.54, 1.807) is 6.20 Å². The normalized spacial score (nSPS) is 12.9. The van der Waals surface area contributed by atoms with Crippen molar-refractivity contribution in [1.82, 2.24) is 19.5 Å². The number of nitrogen functional groups attached to an aromatic ring is 1. The number of nitrogens with zero attached hydrogens (tertiary/aromatic N) is 4. The van der Waals surface area contributed by atoms with Gasteiger partial charge in [-0.2, -0.15) is 0 Å². The van der Waals surface area contributed by atoms with Crippen LogP contribution in [-0.2, 0) is 17.9 Å². The van der Waals surface area contributed by atoms with Crippen molar-refractivity contribution >= 4 is 27.9 Å². The summed E-state index contributed by atoms with van der Waals surface area (Å²) in [5, 5.41) is 0. The smallest absolute Gasteiger partial charge is 0.152 e. The molecule has 6 heteroatoms. The molecule has 118 valence electrons. The number of hydrogen-bond acceptors (Lipinski definition) is 5. The van der Waals surface area contributed by atoms with E-state index in [1.165, 1.54) is 0 Å². The minimum Gasteiger partial charge on any atom is -0.382 e. The first kappa shape index (κ1) is 16.2. The Balaban J connectivity index is 0.000000410. The molecule has 1 aliphatic rings. The Morgan fingerprint density at radius 2 is 1.91 bits per heavy atom. The maximum absolute atomic E-state index is 5.98. The Kier molecular flexibility index (Phi) is 5.27. The summed E-state index contributed by atoms with van der Waals surface area (Å²) in [6, 6.07) is 3.77. The molecular weight excluding hydrogens is 278 g/mol. The lowest BCUT2D eigenvalue weighted by Gasteiger charge is -2.15. The number of rotatable bonds is 0. The van der Waals surface area contributed by atoms with Gasteiger partial charge in [0.05, 0.1) is 12.1 Å². The van der Waals surface area contributed by atoms with Crippen molar-refractivity contribution in [3.05, 3.63) is 24.2 Å². The summed E-state index contributed by atoms with van der Waals surface area (Å²) in [6.45, 7) is 9.98. The monoisotopic (exact) mass is 301 g/mol. The van der Waals surface area contributed by atoms with Crippen LogP contribution in [-0.4, -0.2) is 26.1 Å². The van der Waals surface area contributed by atoms with E-state index in [1.807, 2.05) is 39.8 Å². The van der Waals surface area contributed by atoms with Gasteiger partial charge in [-0.1, -0.05) is 27.7 Å². The van der Waals surface area contributed by atoms with Crippen LogP contribution in [0.3, 0.4) is 0 Å². The Morgan fingerprint density at radius 1 is 1.14 bits per heavy atom. The van der Waals surface area contributed by atoms with E-state index in [0.29, 0.717) is 19.0 Å². The van der Waals surface area contributed by atoms with Gasteiger partial charge >= 0.3 is 0 Å². The molecule has 0 unspecified atom stereocenters. The second kappa shape index (κ2) is 7.17. The van der Waals surface area contributed by atoms with Crippen molar-refractivity contribution in [2.75, 3.05) is 12.3 Å². The fourth-order valence-electron chi connectivity index (χ4n) is 2.44. The maximum Gasteiger partial charge on any atom is 0.152 e. The number of ether oxygens (including phenoxy) is 1. The first-order valence-electron chi connectivity index (χ1n) is 7.81. The molecule has 0 aliphatic carbocycles. The molecule has 0 bridgehead atoms. The second-order valence-corrected chi connectivity index (χ2v) is 4.30. The molecule has 1 aliphatic heterocycles. The predicted octanol–water partition coefficient (Wildman–Crippen LogP) is 3.14. The average molecular weight is 301 g/mol. The van der Waals surface area contributed by atoms with E-state index in [4.69, 9.17) is 10.5 Å². The molecule has 0 saturated heterocycles. The lowest BCUT2D eigenvalue weighted by atomic mass is 10.2. The van der Waals surface area contributed by atoms with Crippen LogP contribution < -0.4 is 5.73 Å². The van der Waals surface area contributed by atoms with Crippen molar-refractivity contribution in [3.8, 4) is 0 Å². The van der Waals surface area contributed by atoms with Gasteiger partial charge in [0.15, 0.2) is 5.82 Å². The summed E-state index contributed by atoms with van der Waals surface area (Å²) in [6.07, 6.45) is 1.76. The number of aromatic nitrogens is 4. The predicted molar refractivity (Wildman–Crippen MR) is 89.6 cm³/mol. The van der Waals surface area contributed by atoms with Crippen LogP contribution in [0.1, 0.15) is 33.5 Å². The highest BCUT2D eigenvalue weighted by molar-refractivity contribution is 6.04. The van der Waals surface area contributed by atoms with E-state index in [9.17, 15) is 0 Å². The molecule has 0 atom stereocenters. The topological polar surface area (TPSA) is 78.9 Å². The van der Waals surface area contributed by atoms with E-state index < -0.39 is 0 Å². The molecule has 0 saturated carbocycles. The Hall–Kier alpha value is -2.21. The summed E-state index contributed by atoms with van der Waals surface area (Å²) in [5.74, 6) is 1.34. The zero-order valence-electron chi connectivity index (χ0n) is 13.6. The number of nitrogens with two attached hydrogens (primary N) is 1. The first-order chi connectivity index (χ1) is 10.8. The van der Waals surface area contributed by atoms with Crippen LogP contribution in [0.5, 0.6) is 0 Å². The fourth-order valence-corrected chi connectivity index (χ4v) is 2.44. The number of hydrogen-bond donors (Lipinski definition) is 1. The highest BCUT2D eigenvalue weighted by atomic mass is 16.5. The summed E-state index contributed by atoms with van der Waals surface area (Å²) < 4.78 is 7.54. The fraction of sp³-hybridized carbons (Fsp3) is 0.438. The molecule has 2 N–H and O–H groups in total. The highest BCUT2D eigenvalue weighted by Gasteiger charge is 2.19. The molecule has 0 fully saturated rings. The van der Waals surface area contributed by atoms with Crippen LogP contribution in [0.2, 0.25) is 0 Å². The molecule has 6 nitrogen and oxygen atoms in total. The van der Waals surface area contributed by atoms with Gasteiger partial charge in [0.25, 0.3) is 0 Å². The van der Waals surface area contributed by atoms with Crippen LogP contribution in [0.15, 0.2) is 18.3 Å². The number of fused-ring (bicyclic) bond motifs is 5. The summed E-state index contributed by atoms with van der Waals surface area (Å²) >= 11 is 0. The largest absolute Gasteiger partial charge is 0.382 e. The number of anilines is 1. The van der Waals surface area contributed by atoms with Gasteiger partial charge in [-0.05, 0) is 12.1 Å². The standard InChI is InChI=1S/C12H11N5O.2C2H6/c13-12-10-11(9-7(15-12)2-1-3-14-9)17-4-5-18-6-8(17)16-10;2*1-2/h1-3H,4-6H2,(H2,13,15);2*1-2H3. The van der Waals surface area contributed by atoms with Crippen molar-refractivity contribution in [3.63, 3.8) is 0 Å². The molecule has 22 heavy (non-hydrogen) atoms. The van der Waals surface area contributed by atoms with E-state index in [2.05, 4.69) is 19.5 Å². The lowest BCUT2D eigenvalue weighted by molar-refractivity contribution is 0.0831. The van der Waals surface area contributed by atoms with Crippen LogP contribution >= 0.6 is 0 Å². The van der Waals surface area contributed by atoms with Gasteiger partial charge in [-0.25, -0.2) is 9.97 Å². The second-order valence-electron chi connectivity index (χ2n) is 4.30. The minimum absolute atomic E-state index is 0.451. The highest BCUT2D eigenvalue weighted by Crippen LogP contribution is 2.28. The summed E-state index contributed by atoms with van der Waals surface area (Å²) in [7, 11) is 0. The molecule has 0 amide bonds. The SMILES string of the molecule is CC.CC.Nc1nc2cccnc2c2c1nc1n2CCOC1. The van der Waals surface area contributed by atoms with Gasteiger partial charge in [-0.3, -0.25) is 4.98 Å².